The minimum atomic E-state index is -0.298. The molecule has 0 aliphatic rings. The average Bonchev–Trinajstić information content (AvgIpc) is 2.77. The summed E-state index contributed by atoms with van der Waals surface area (Å²) in [6, 6.07) is 7.76. The van der Waals surface area contributed by atoms with E-state index in [2.05, 4.69) is 21.5 Å². The first kappa shape index (κ1) is 17.1. The summed E-state index contributed by atoms with van der Waals surface area (Å²) in [5, 5.41) is 7.30. The van der Waals surface area contributed by atoms with Gasteiger partial charge in [-0.1, -0.05) is 29.8 Å². The van der Waals surface area contributed by atoms with Gasteiger partial charge in [0, 0.05) is 6.54 Å². The molecule has 1 aromatic carbocycles. The highest BCUT2D eigenvalue weighted by Crippen LogP contribution is 2.19. The quantitative estimate of drug-likeness (QED) is 0.880. The number of rotatable bonds is 6. The summed E-state index contributed by atoms with van der Waals surface area (Å²) >= 11 is 0. The number of hydrogen-bond donors (Lipinski definition) is 1. The second-order valence-corrected chi connectivity index (χ2v) is 6.00. The Hall–Kier alpha value is -2.21. The van der Waals surface area contributed by atoms with Crippen molar-refractivity contribution in [1.82, 2.24) is 25.0 Å². The van der Waals surface area contributed by atoms with Crippen molar-refractivity contribution in [3.63, 3.8) is 0 Å². The Morgan fingerprint density at radius 3 is 2.61 bits per heavy atom. The smallest absolute Gasteiger partial charge is 0.242 e. The van der Waals surface area contributed by atoms with Gasteiger partial charge in [-0.25, -0.2) is 9.67 Å². The van der Waals surface area contributed by atoms with Crippen LogP contribution in [0.2, 0.25) is 0 Å². The van der Waals surface area contributed by atoms with Crippen LogP contribution in [0.15, 0.2) is 24.3 Å². The lowest BCUT2D eigenvalue weighted by Gasteiger charge is -2.24. The molecular formula is C17H25N5O. The van der Waals surface area contributed by atoms with E-state index >= 15 is 0 Å². The van der Waals surface area contributed by atoms with Gasteiger partial charge in [0.15, 0.2) is 0 Å². The molecule has 0 aliphatic carbocycles. The highest BCUT2D eigenvalue weighted by molar-refractivity contribution is 5.83. The van der Waals surface area contributed by atoms with Gasteiger partial charge in [0.25, 0.3) is 0 Å². The Morgan fingerprint density at radius 2 is 2.04 bits per heavy atom. The first-order chi connectivity index (χ1) is 10.9. The minimum absolute atomic E-state index is 0.00455. The van der Waals surface area contributed by atoms with E-state index in [0.29, 0.717) is 13.1 Å². The van der Waals surface area contributed by atoms with Crippen molar-refractivity contribution in [2.45, 2.75) is 33.4 Å². The molecule has 1 aromatic heterocycles. The fourth-order valence-electron chi connectivity index (χ4n) is 2.68. The summed E-state index contributed by atoms with van der Waals surface area (Å²) < 4.78 is 1.81. The maximum absolute atomic E-state index is 12.6. The van der Waals surface area contributed by atoms with E-state index in [1.165, 1.54) is 0 Å². The van der Waals surface area contributed by atoms with E-state index in [-0.39, 0.29) is 11.9 Å². The standard InChI is InChI=1S/C17H25N5O/c1-12-7-6-8-15(11-12)16(21(4)5)17(23)18-9-10-22-14(3)19-13(2)20-22/h6-8,11,16H,9-10H2,1-5H3,(H,18,23)/t16-/m0/s1. The second-order valence-electron chi connectivity index (χ2n) is 6.00. The highest BCUT2D eigenvalue weighted by Gasteiger charge is 2.22. The lowest BCUT2D eigenvalue weighted by molar-refractivity contribution is -0.125. The lowest BCUT2D eigenvalue weighted by atomic mass is 10.0. The number of aromatic nitrogens is 3. The second kappa shape index (κ2) is 7.37. The molecule has 0 bridgehead atoms. The van der Waals surface area contributed by atoms with Crippen LogP contribution in [0, 0.1) is 20.8 Å². The Bertz CT molecular complexity index is 677. The molecular weight excluding hydrogens is 290 g/mol. The number of nitrogens with one attached hydrogen (secondary N) is 1. The monoisotopic (exact) mass is 315 g/mol. The van der Waals surface area contributed by atoms with Gasteiger partial charge in [-0.2, -0.15) is 5.10 Å². The van der Waals surface area contributed by atoms with Gasteiger partial charge in [-0.15, -0.1) is 0 Å². The highest BCUT2D eigenvalue weighted by atomic mass is 16.2. The maximum Gasteiger partial charge on any atom is 0.242 e. The first-order valence-electron chi connectivity index (χ1n) is 7.77. The number of hydrogen-bond acceptors (Lipinski definition) is 4. The third-order valence-corrected chi connectivity index (χ3v) is 3.71. The van der Waals surface area contributed by atoms with Crippen LogP contribution in [0.3, 0.4) is 0 Å². The molecule has 0 spiro atoms. The molecule has 0 unspecified atom stereocenters. The predicted octanol–water partition coefficient (Wildman–Crippen LogP) is 1.62. The van der Waals surface area contributed by atoms with E-state index in [0.717, 1.165) is 22.8 Å². The average molecular weight is 315 g/mol. The molecule has 0 fully saturated rings. The van der Waals surface area contributed by atoms with E-state index in [1.54, 1.807) is 0 Å². The zero-order valence-corrected chi connectivity index (χ0v) is 14.5. The number of benzene rings is 1. The van der Waals surface area contributed by atoms with E-state index in [1.807, 2.05) is 62.6 Å². The Kier molecular flexibility index (Phi) is 5.50. The molecule has 6 heteroatoms. The largest absolute Gasteiger partial charge is 0.353 e. The lowest BCUT2D eigenvalue weighted by Crippen LogP contribution is -2.38. The van der Waals surface area contributed by atoms with Crippen molar-refractivity contribution in [2.24, 2.45) is 0 Å². The number of aryl methyl sites for hydroxylation is 3. The summed E-state index contributed by atoms with van der Waals surface area (Å²) in [6.45, 7) is 6.95. The number of nitrogens with zero attached hydrogens (tertiary/aromatic N) is 4. The van der Waals surface area contributed by atoms with Gasteiger partial charge in [-0.05, 0) is 40.4 Å². The zero-order chi connectivity index (χ0) is 17.0. The predicted molar refractivity (Wildman–Crippen MR) is 90.1 cm³/mol. The van der Waals surface area contributed by atoms with Crippen molar-refractivity contribution < 1.29 is 4.79 Å². The molecule has 0 saturated carbocycles. The molecule has 23 heavy (non-hydrogen) atoms. The molecule has 2 aromatic rings. The van der Waals surface area contributed by atoms with E-state index in [4.69, 9.17) is 0 Å². The zero-order valence-electron chi connectivity index (χ0n) is 14.5. The van der Waals surface area contributed by atoms with Crippen LogP contribution in [0.5, 0.6) is 0 Å². The number of carbonyl (C=O) groups is 1. The van der Waals surface area contributed by atoms with Crippen LogP contribution >= 0.6 is 0 Å². The van der Waals surface area contributed by atoms with Crippen LogP contribution in [0.25, 0.3) is 0 Å². The molecule has 1 atom stereocenters. The number of carbonyl (C=O) groups excluding carboxylic acids is 1. The van der Waals surface area contributed by atoms with Crippen LogP contribution < -0.4 is 5.32 Å². The maximum atomic E-state index is 12.6. The van der Waals surface area contributed by atoms with Crippen molar-refractivity contribution in [3.8, 4) is 0 Å². The molecule has 0 radical (unpaired) electrons. The summed E-state index contributed by atoms with van der Waals surface area (Å²) in [5.41, 5.74) is 2.15. The van der Waals surface area contributed by atoms with Gasteiger partial charge in [0.1, 0.15) is 17.7 Å². The topological polar surface area (TPSA) is 63.1 Å². The van der Waals surface area contributed by atoms with E-state index in [9.17, 15) is 4.79 Å². The van der Waals surface area contributed by atoms with Crippen LogP contribution in [-0.2, 0) is 11.3 Å². The third kappa shape index (κ3) is 4.39. The van der Waals surface area contributed by atoms with Gasteiger partial charge < -0.3 is 5.32 Å². The molecule has 1 N–H and O–H groups in total. The summed E-state index contributed by atoms with van der Waals surface area (Å²) in [6.07, 6.45) is 0. The Balaban J connectivity index is 2.00. The van der Waals surface area contributed by atoms with Gasteiger partial charge in [0.2, 0.25) is 5.91 Å². The van der Waals surface area contributed by atoms with Gasteiger partial charge >= 0.3 is 0 Å². The molecule has 1 amide bonds. The molecule has 0 aliphatic heterocycles. The van der Waals surface area contributed by atoms with Crippen LogP contribution in [-0.4, -0.2) is 46.2 Å². The van der Waals surface area contributed by atoms with Crippen molar-refractivity contribution in [1.29, 1.82) is 0 Å². The van der Waals surface area contributed by atoms with Crippen molar-refractivity contribution in [2.75, 3.05) is 20.6 Å². The first-order valence-corrected chi connectivity index (χ1v) is 7.77. The molecule has 6 nitrogen and oxygen atoms in total. The third-order valence-electron chi connectivity index (χ3n) is 3.71. The molecule has 1 heterocycles. The minimum Gasteiger partial charge on any atom is -0.353 e. The molecule has 0 saturated heterocycles. The summed E-state index contributed by atoms with van der Waals surface area (Å²) in [7, 11) is 3.83. The normalized spacial score (nSPS) is 12.4. The Labute approximate surface area is 137 Å². The molecule has 2 rings (SSSR count). The van der Waals surface area contributed by atoms with E-state index < -0.39 is 0 Å². The number of likely N-dealkylation sites (N-methyl/N-ethyl adjacent to an activating group) is 1. The summed E-state index contributed by atoms with van der Waals surface area (Å²) in [5.74, 6) is 1.61. The van der Waals surface area contributed by atoms with Gasteiger partial charge in [-0.3, -0.25) is 9.69 Å². The van der Waals surface area contributed by atoms with Crippen molar-refractivity contribution in [3.05, 3.63) is 47.0 Å². The van der Waals surface area contributed by atoms with Crippen LogP contribution in [0.4, 0.5) is 0 Å². The fraction of sp³-hybridized carbons (Fsp3) is 0.471. The van der Waals surface area contributed by atoms with Crippen LogP contribution in [0.1, 0.15) is 28.8 Å². The van der Waals surface area contributed by atoms with Crippen molar-refractivity contribution >= 4 is 5.91 Å². The molecule has 124 valence electrons. The Morgan fingerprint density at radius 1 is 1.30 bits per heavy atom. The number of amides is 1. The SMILES string of the molecule is Cc1cccc([C@@H](C(=O)NCCn2nc(C)nc2C)N(C)C)c1. The summed E-state index contributed by atoms with van der Waals surface area (Å²) in [4.78, 5) is 18.8. The fourth-order valence-corrected chi connectivity index (χ4v) is 2.68. The van der Waals surface area contributed by atoms with Gasteiger partial charge in [0.05, 0.1) is 6.54 Å².